The van der Waals surface area contributed by atoms with Gasteiger partial charge >= 0.3 is 0 Å². The molecule has 0 bridgehead atoms. The number of aliphatic hydroxyl groups is 1. The van der Waals surface area contributed by atoms with Crippen molar-refractivity contribution in [2.75, 3.05) is 0 Å². The van der Waals surface area contributed by atoms with Gasteiger partial charge in [0, 0.05) is 0 Å². The predicted molar refractivity (Wildman–Crippen MR) is 119 cm³/mol. The number of rotatable bonds is 5. The molecule has 150 valence electrons. The summed E-state index contributed by atoms with van der Waals surface area (Å²) in [7, 11) is 0. The van der Waals surface area contributed by atoms with Crippen LogP contribution in [0.25, 0.3) is 21.5 Å². The molecule has 0 saturated heterocycles. The van der Waals surface area contributed by atoms with Gasteiger partial charge in [0.05, 0.1) is 21.2 Å². The van der Waals surface area contributed by atoms with Crippen molar-refractivity contribution in [2.45, 2.75) is 31.2 Å². The molecule has 0 radical (unpaired) electrons. The monoisotopic (exact) mass is 434 g/mol. The molecule has 1 N–H and O–H groups in total. The average molecular weight is 435 g/mol. The number of nitrogens with zero attached hydrogens (tertiary/aromatic N) is 6. The Morgan fingerprint density at radius 2 is 2.00 bits per heavy atom. The van der Waals surface area contributed by atoms with E-state index in [1.165, 1.54) is 28.7 Å². The van der Waals surface area contributed by atoms with Crippen LogP contribution in [0.4, 0.5) is 0 Å². The molecule has 0 fully saturated rings. The first-order valence-electron chi connectivity index (χ1n) is 9.19. The van der Waals surface area contributed by atoms with E-state index >= 15 is 0 Å². The molecule has 2 aromatic carbocycles. The first kappa shape index (κ1) is 20.1. The summed E-state index contributed by atoms with van der Waals surface area (Å²) in [5.41, 5.74) is 4.13. The van der Waals surface area contributed by atoms with Crippen LogP contribution in [0.3, 0.4) is 0 Å². The third-order valence-corrected chi connectivity index (χ3v) is 6.82. The van der Waals surface area contributed by atoms with Gasteiger partial charge in [0.15, 0.2) is 0 Å². The fourth-order valence-corrected chi connectivity index (χ4v) is 4.72. The van der Waals surface area contributed by atoms with Crippen molar-refractivity contribution in [3.63, 3.8) is 0 Å². The topological polar surface area (TPSA) is 101 Å². The van der Waals surface area contributed by atoms with Gasteiger partial charge in [-0.05, 0) is 66.6 Å². The maximum Gasteiger partial charge on any atom is 0.214 e. The number of thiazole rings is 1. The second-order valence-electron chi connectivity index (χ2n) is 6.76. The highest BCUT2D eigenvalue weighted by Crippen LogP contribution is 2.33. The first-order chi connectivity index (χ1) is 14.5. The molecule has 2 heterocycles. The number of aromatic nitrogens is 5. The number of nitriles is 1. The molecule has 0 aliphatic carbocycles. The summed E-state index contributed by atoms with van der Waals surface area (Å²) in [6.45, 7) is 5.89. The fraction of sp³-hybridized carbons (Fsp3) is 0.190. The largest absolute Gasteiger partial charge is 0.510 e. The van der Waals surface area contributed by atoms with Gasteiger partial charge in [-0.3, -0.25) is 0 Å². The lowest BCUT2D eigenvalue weighted by atomic mass is 10.1. The van der Waals surface area contributed by atoms with Crippen LogP contribution >= 0.6 is 23.1 Å². The number of hydrogen-bond donors (Lipinski definition) is 1. The zero-order valence-electron chi connectivity index (χ0n) is 16.6. The summed E-state index contributed by atoms with van der Waals surface area (Å²) < 4.78 is 2.59. The SMILES string of the molecule is Cc1ccc(-n2nnnc2SC(C)/C(O)=C(\C#N)c2nc3ccccc3s2)cc1C. The lowest BCUT2D eigenvalue weighted by Gasteiger charge is -2.12. The second kappa shape index (κ2) is 8.26. The highest BCUT2D eigenvalue weighted by atomic mass is 32.2. The van der Waals surface area contributed by atoms with Gasteiger partial charge in [-0.1, -0.05) is 30.0 Å². The molecule has 0 amide bonds. The van der Waals surface area contributed by atoms with E-state index in [0.29, 0.717) is 10.2 Å². The van der Waals surface area contributed by atoms with E-state index in [0.717, 1.165) is 21.5 Å². The zero-order valence-corrected chi connectivity index (χ0v) is 18.2. The number of fused-ring (bicyclic) bond motifs is 1. The molecule has 0 aliphatic heterocycles. The van der Waals surface area contributed by atoms with Gasteiger partial charge < -0.3 is 5.11 Å². The Labute approximate surface area is 181 Å². The lowest BCUT2D eigenvalue weighted by molar-refractivity contribution is 0.402. The molecule has 7 nitrogen and oxygen atoms in total. The summed E-state index contributed by atoms with van der Waals surface area (Å²) in [5, 5.41) is 33.1. The van der Waals surface area contributed by atoms with E-state index in [2.05, 4.69) is 26.6 Å². The molecule has 4 rings (SSSR count). The van der Waals surface area contributed by atoms with Gasteiger partial charge in [0.2, 0.25) is 5.16 Å². The molecule has 0 saturated carbocycles. The van der Waals surface area contributed by atoms with Gasteiger partial charge in [-0.2, -0.15) is 9.94 Å². The molecule has 0 aliphatic rings. The van der Waals surface area contributed by atoms with Crippen molar-refractivity contribution in [1.29, 1.82) is 5.26 Å². The van der Waals surface area contributed by atoms with E-state index in [9.17, 15) is 10.4 Å². The number of benzene rings is 2. The molecule has 1 unspecified atom stereocenters. The van der Waals surface area contributed by atoms with Gasteiger partial charge in [0.1, 0.15) is 22.4 Å². The number of tetrazole rings is 1. The molecule has 4 aromatic rings. The predicted octanol–water partition coefficient (Wildman–Crippen LogP) is 4.86. The number of para-hydroxylation sites is 1. The van der Waals surface area contributed by atoms with Crippen LogP contribution in [-0.4, -0.2) is 35.5 Å². The molecule has 9 heteroatoms. The Balaban J connectivity index is 1.65. The van der Waals surface area contributed by atoms with E-state index in [-0.39, 0.29) is 11.3 Å². The van der Waals surface area contributed by atoms with Crippen LogP contribution in [0.15, 0.2) is 53.4 Å². The number of hydrogen-bond acceptors (Lipinski definition) is 8. The third kappa shape index (κ3) is 3.79. The maximum absolute atomic E-state index is 10.8. The summed E-state index contributed by atoms with van der Waals surface area (Å²) in [6.07, 6.45) is 0. The quantitative estimate of drug-likeness (QED) is 0.272. The van der Waals surface area contributed by atoms with Crippen LogP contribution in [0.1, 0.15) is 23.1 Å². The van der Waals surface area contributed by atoms with Gasteiger partial charge in [-0.25, -0.2) is 4.98 Å². The third-order valence-electron chi connectivity index (χ3n) is 4.72. The maximum atomic E-state index is 10.8. The summed E-state index contributed by atoms with van der Waals surface area (Å²) in [5.74, 6) is -0.0452. The average Bonchev–Trinajstić information content (AvgIpc) is 3.37. The molecule has 30 heavy (non-hydrogen) atoms. The van der Waals surface area contributed by atoms with Crippen molar-refractivity contribution < 1.29 is 5.11 Å². The van der Waals surface area contributed by atoms with Crippen molar-refractivity contribution in [3.8, 4) is 11.8 Å². The van der Waals surface area contributed by atoms with Crippen molar-refractivity contribution >= 4 is 38.9 Å². The van der Waals surface area contributed by atoms with Crippen molar-refractivity contribution in [3.05, 3.63) is 64.4 Å². The van der Waals surface area contributed by atoms with Crippen LogP contribution in [0, 0.1) is 25.2 Å². The number of thioether (sulfide) groups is 1. The Morgan fingerprint density at radius 1 is 1.20 bits per heavy atom. The van der Waals surface area contributed by atoms with Gasteiger partial charge in [0.25, 0.3) is 0 Å². The molecular weight excluding hydrogens is 416 g/mol. The minimum absolute atomic E-state index is 0.0452. The van der Waals surface area contributed by atoms with Crippen LogP contribution < -0.4 is 0 Å². The molecular formula is C21H18N6OS2. The van der Waals surface area contributed by atoms with Crippen LogP contribution in [0.2, 0.25) is 0 Å². The van der Waals surface area contributed by atoms with Crippen molar-refractivity contribution in [1.82, 2.24) is 25.2 Å². The van der Waals surface area contributed by atoms with Crippen LogP contribution in [0.5, 0.6) is 0 Å². The van der Waals surface area contributed by atoms with E-state index in [1.807, 2.05) is 63.2 Å². The minimum Gasteiger partial charge on any atom is -0.510 e. The number of allylic oxidation sites excluding steroid dienone is 1. The zero-order chi connectivity index (χ0) is 21.3. The molecule has 1 atom stereocenters. The normalized spacial score (nSPS) is 13.1. The first-order valence-corrected chi connectivity index (χ1v) is 10.9. The summed E-state index contributed by atoms with van der Waals surface area (Å²) in [4.78, 5) is 4.49. The molecule has 0 spiro atoms. The smallest absolute Gasteiger partial charge is 0.214 e. The minimum atomic E-state index is -0.442. The highest BCUT2D eigenvalue weighted by Gasteiger charge is 2.22. The Morgan fingerprint density at radius 3 is 2.73 bits per heavy atom. The number of aliphatic hydroxyl groups excluding tert-OH is 1. The van der Waals surface area contributed by atoms with Crippen molar-refractivity contribution in [2.24, 2.45) is 0 Å². The highest BCUT2D eigenvalue weighted by molar-refractivity contribution is 7.99. The summed E-state index contributed by atoms with van der Waals surface area (Å²) >= 11 is 2.66. The fourth-order valence-electron chi connectivity index (χ4n) is 2.88. The Kier molecular flexibility index (Phi) is 5.53. The Bertz CT molecular complexity index is 1270. The summed E-state index contributed by atoms with van der Waals surface area (Å²) in [6, 6.07) is 15.7. The van der Waals surface area contributed by atoms with Gasteiger partial charge in [-0.15, -0.1) is 16.4 Å². The standard InChI is InChI=1S/C21H18N6OS2/c1-12-8-9-15(10-13(12)2)27-21(24-25-26-27)29-14(3)19(28)16(11-22)20-23-17-6-4-5-7-18(17)30-20/h4-10,14,28H,1-3H3/b19-16-. The van der Waals surface area contributed by atoms with Crippen LogP contribution in [-0.2, 0) is 0 Å². The van der Waals surface area contributed by atoms with E-state index in [1.54, 1.807) is 4.68 Å². The second-order valence-corrected chi connectivity index (χ2v) is 9.10. The van der Waals surface area contributed by atoms with E-state index in [4.69, 9.17) is 0 Å². The number of aryl methyl sites for hydroxylation is 2. The van der Waals surface area contributed by atoms with E-state index < -0.39 is 5.25 Å². The lowest BCUT2D eigenvalue weighted by Crippen LogP contribution is -2.07. The Hall–Kier alpha value is -3.22. The molecule has 2 aromatic heterocycles.